The first kappa shape index (κ1) is 13.4. The average molecular weight is 257 g/mol. The molecule has 1 aliphatic heterocycles. The molecule has 0 aromatic heterocycles. The van der Waals surface area contributed by atoms with Gasteiger partial charge in [0.2, 0.25) is 0 Å². The fraction of sp³-hybridized carbons (Fsp3) is 0.571. The lowest BCUT2D eigenvalue weighted by Gasteiger charge is -2.31. The summed E-state index contributed by atoms with van der Waals surface area (Å²) >= 11 is 0. The van der Waals surface area contributed by atoms with Crippen molar-refractivity contribution >= 4 is 0 Å². The Morgan fingerprint density at radius 2 is 1.94 bits per heavy atom. The van der Waals surface area contributed by atoms with Crippen molar-refractivity contribution < 1.29 is 13.2 Å². The van der Waals surface area contributed by atoms with Gasteiger partial charge in [0.25, 0.3) is 0 Å². The molecule has 0 spiro atoms. The molecule has 1 aromatic rings. The number of aryl methyl sites for hydroxylation is 1. The highest BCUT2D eigenvalue weighted by atomic mass is 19.4. The zero-order valence-corrected chi connectivity index (χ0v) is 10.4. The largest absolute Gasteiger partial charge is 0.393 e. The second kappa shape index (κ2) is 5.31. The quantitative estimate of drug-likeness (QED) is 0.855. The van der Waals surface area contributed by atoms with Gasteiger partial charge in [-0.15, -0.1) is 0 Å². The zero-order valence-electron chi connectivity index (χ0n) is 10.4. The molecule has 1 heterocycles. The van der Waals surface area contributed by atoms with Crippen LogP contribution in [-0.2, 0) is 6.42 Å². The van der Waals surface area contributed by atoms with Crippen LogP contribution < -0.4 is 5.32 Å². The Morgan fingerprint density at radius 1 is 1.22 bits per heavy atom. The molecule has 2 atom stereocenters. The summed E-state index contributed by atoms with van der Waals surface area (Å²) in [7, 11) is 0. The smallest absolute Gasteiger partial charge is 0.313 e. The fourth-order valence-corrected chi connectivity index (χ4v) is 2.47. The summed E-state index contributed by atoms with van der Waals surface area (Å²) in [5.74, 6) is -1.18. The van der Waals surface area contributed by atoms with Gasteiger partial charge in [-0.25, -0.2) is 0 Å². The van der Waals surface area contributed by atoms with Gasteiger partial charge in [0.15, 0.2) is 0 Å². The maximum absolute atomic E-state index is 12.5. The Balaban J connectivity index is 1.90. The molecule has 18 heavy (non-hydrogen) atoms. The van der Waals surface area contributed by atoms with Crippen molar-refractivity contribution in [3.63, 3.8) is 0 Å². The second-order valence-corrected chi connectivity index (χ2v) is 5.05. The third kappa shape index (κ3) is 3.25. The van der Waals surface area contributed by atoms with Gasteiger partial charge in [0.1, 0.15) is 0 Å². The Kier molecular flexibility index (Phi) is 3.95. The van der Waals surface area contributed by atoms with Crippen molar-refractivity contribution in [3.8, 4) is 0 Å². The van der Waals surface area contributed by atoms with E-state index in [0.717, 1.165) is 6.42 Å². The number of nitrogens with one attached hydrogen (secondary N) is 1. The van der Waals surface area contributed by atoms with Crippen LogP contribution in [0.25, 0.3) is 0 Å². The van der Waals surface area contributed by atoms with Crippen molar-refractivity contribution in [2.24, 2.45) is 5.92 Å². The molecule has 2 rings (SSSR count). The molecule has 1 N–H and O–H groups in total. The van der Waals surface area contributed by atoms with Crippen LogP contribution in [0.2, 0.25) is 0 Å². The van der Waals surface area contributed by atoms with E-state index in [-0.39, 0.29) is 19.0 Å². The molecule has 0 saturated carbocycles. The zero-order chi connectivity index (χ0) is 13.2. The first-order valence-electron chi connectivity index (χ1n) is 6.31. The number of rotatable bonds is 2. The number of halogens is 3. The van der Waals surface area contributed by atoms with E-state index >= 15 is 0 Å². The van der Waals surface area contributed by atoms with Crippen LogP contribution in [0.5, 0.6) is 0 Å². The number of alkyl halides is 3. The molecule has 1 saturated heterocycles. The van der Waals surface area contributed by atoms with E-state index in [1.807, 2.05) is 31.2 Å². The van der Waals surface area contributed by atoms with Crippen molar-refractivity contribution in [1.29, 1.82) is 0 Å². The number of hydrogen-bond acceptors (Lipinski definition) is 1. The maximum Gasteiger partial charge on any atom is 0.393 e. The predicted octanol–water partition coefficient (Wildman–Crippen LogP) is 3.47. The summed E-state index contributed by atoms with van der Waals surface area (Å²) in [4.78, 5) is 0. The molecule has 1 aliphatic rings. The summed E-state index contributed by atoms with van der Waals surface area (Å²) in [5.41, 5.74) is 2.43. The van der Waals surface area contributed by atoms with Gasteiger partial charge in [0, 0.05) is 12.6 Å². The van der Waals surface area contributed by atoms with E-state index in [9.17, 15) is 13.2 Å². The minimum Gasteiger partial charge on any atom is -0.313 e. The van der Waals surface area contributed by atoms with Crippen LogP contribution in [0.15, 0.2) is 24.3 Å². The lowest BCUT2D eigenvalue weighted by Crippen LogP contribution is -2.45. The molecule has 0 radical (unpaired) electrons. The van der Waals surface area contributed by atoms with Crippen molar-refractivity contribution in [1.82, 2.24) is 5.32 Å². The van der Waals surface area contributed by atoms with E-state index in [1.54, 1.807) is 0 Å². The van der Waals surface area contributed by atoms with Crippen LogP contribution in [0.3, 0.4) is 0 Å². The van der Waals surface area contributed by atoms with Gasteiger partial charge >= 0.3 is 6.18 Å². The number of piperidine rings is 1. The maximum atomic E-state index is 12.5. The summed E-state index contributed by atoms with van der Waals surface area (Å²) in [6, 6.07) is 8.21. The Hall–Kier alpha value is -1.03. The highest BCUT2D eigenvalue weighted by molar-refractivity contribution is 5.26. The standard InChI is InChI=1S/C14H18F3N/c1-10-4-2-3-5-11(10)8-13-7-6-12(9-18-13)14(15,16)17/h2-5,12-13,18H,6-9H2,1H3. The lowest BCUT2D eigenvalue weighted by molar-refractivity contribution is -0.179. The molecule has 1 fully saturated rings. The Labute approximate surface area is 105 Å². The topological polar surface area (TPSA) is 12.0 Å². The van der Waals surface area contributed by atoms with Crippen LogP contribution in [-0.4, -0.2) is 18.8 Å². The first-order chi connectivity index (χ1) is 8.47. The van der Waals surface area contributed by atoms with Crippen LogP contribution in [0, 0.1) is 12.8 Å². The lowest BCUT2D eigenvalue weighted by atomic mass is 9.90. The van der Waals surface area contributed by atoms with E-state index in [2.05, 4.69) is 5.32 Å². The highest BCUT2D eigenvalue weighted by Crippen LogP contribution is 2.32. The molecule has 2 unspecified atom stereocenters. The van der Waals surface area contributed by atoms with Crippen molar-refractivity contribution in [2.75, 3.05) is 6.54 Å². The van der Waals surface area contributed by atoms with Gasteiger partial charge in [-0.05, 0) is 37.3 Å². The molecule has 100 valence electrons. The third-order valence-corrected chi connectivity index (χ3v) is 3.71. The van der Waals surface area contributed by atoms with E-state index in [1.165, 1.54) is 11.1 Å². The minimum atomic E-state index is -4.05. The SMILES string of the molecule is Cc1ccccc1CC1CCC(C(F)(F)F)CN1. The normalized spacial score (nSPS) is 25.1. The molecule has 1 nitrogen and oxygen atoms in total. The van der Waals surface area contributed by atoms with Crippen molar-refractivity contribution in [3.05, 3.63) is 35.4 Å². The van der Waals surface area contributed by atoms with E-state index in [4.69, 9.17) is 0 Å². The van der Waals surface area contributed by atoms with Crippen LogP contribution in [0.4, 0.5) is 13.2 Å². The summed E-state index contributed by atoms with van der Waals surface area (Å²) in [6.07, 6.45) is -2.40. The molecule has 0 bridgehead atoms. The molecule has 1 aromatic carbocycles. The van der Waals surface area contributed by atoms with Gasteiger partial charge in [-0.3, -0.25) is 0 Å². The van der Waals surface area contributed by atoms with Gasteiger partial charge < -0.3 is 5.32 Å². The predicted molar refractivity (Wildman–Crippen MR) is 65.5 cm³/mol. The van der Waals surface area contributed by atoms with Crippen molar-refractivity contribution in [2.45, 2.75) is 38.4 Å². The molecule has 0 amide bonds. The Bertz CT molecular complexity index is 392. The monoisotopic (exact) mass is 257 g/mol. The molecule has 0 aliphatic carbocycles. The van der Waals surface area contributed by atoms with Crippen LogP contribution in [0.1, 0.15) is 24.0 Å². The average Bonchev–Trinajstić information content (AvgIpc) is 2.32. The molecular formula is C14H18F3N. The van der Waals surface area contributed by atoms with Gasteiger partial charge in [-0.1, -0.05) is 24.3 Å². The first-order valence-corrected chi connectivity index (χ1v) is 6.31. The fourth-order valence-electron chi connectivity index (χ4n) is 2.47. The molecule has 4 heteroatoms. The Morgan fingerprint density at radius 3 is 2.50 bits per heavy atom. The minimum absolute atomic E-state index is 0.0556. The van der Waals surface area contributed by atoms with Crippen LogP contribution >= 0.6 is 0 Å². The second-order valence-electron chi connectivity index (χ2n) is 5.05. The highest BCUT2D eigenvalue weighted by Gasteiger charge is 2.41. The third-order valence-electron chi connectivity index (χ3n) is 3.71. The van der Waals surface area contributed by atoms with E-state index < -0.39 is 12.1 Å². The molecular weight excluding hydrogens is 239 g/mol. The summed E-state index contributed by atoms with van der Waals surface area (Å²) in [5, 5.41) is 3.03. The number of benzene rings is 1. The summed E-state index contributed by atoms with van der Waals surface area (Å²) in [6.45, 7) is 2.09. The van der Waals surface area contributed by atoms with Gasteiger partial charge in [0.05, 0.1) is 5.92 Å². The summed E-state index contributed by atoms with van der Waals surface area (Å²) < 4.78 is 37.6. The number of hydrogen-bond donors (Lipinski definition) is 1. The van der Waals surface area contributed by atoms with E-state index in [0.29, 0.717) is 6.42 Å². The van der Waals surface area contributed by atoms with Gasteiger partial charge in [-0.2, -0.15) is 13.2 Å².